The molecule has 0 amide bonds. The lowest BCUT2D eigenvalue weighted by molar-refractivity contribution is 0.268. The highest BCUT2D eigenvalue weighted by Crippen LogP contribution is 2.39. The largest absolute Gasteiger partial charge is 0.482 e. The van der Waals surface area contributed by atoms with Gasteiger partial charge >= 0.3 is 0 Å². The van der Waals surface area contributed by atoms with Crippen molar-refractivity contribution in [1.82, 2.24) is 4.98 Å². The van der Waals surface area contributed by atoms with Gasteiger partial charge in [0.2, 0.25) is 0 Å². The summed E-state index contributed by atoms with van der Waals surface area (Å²) in [7, 11) is 0. The fourth-order valence-corrected chi connectivity index (χ4v) is 3.85. The van der Waals surface area contributed by atoms with E-state index in [1.54, 1.807) is 29.6 Å². The van der Waals surface area contributed by atoms with Crippen molar-refractivity contribution in [2.24, 2.45) is 10.9 Å². The molecule has 0 aliphatic rings. The molecule has 0 saturated carbocycles. The van der Waals surface area contributed by atoms with Crippen LogP contribution in [-0.4, -0.2) is 22.1 Å². The Bertz CT molecular complexity index is 807. The summed E-state index contributed by atoms with van der Waals surface area (Å²) in [6.07, 6.45) is -0.491. The molecule has 5 nitrogen and oxygen atoms in total. The van der Waals surface area contributed by atoms with E-state index in [2.05, 4.69) is 10.1 Å². The fourth-order valence-electron chi connectivity index (χ4n) is 2.02. The minimum atomic E-state index is -0.491. The number of oxime groups is 1. The van der Waals surface area contributed by atoms with E-state index in [9.17, 15) is 0 Å². The van der Waals surface area contributed by atoms with Crippen LogP contribution in [0, 0.1) is 6.92 Å². The minimum absolute atomic E-state index is 0.0500. The third-order valence-electron chi connectivity index (χ3n) is 3.00. The van der Waals surface area contributed by atoms with Gasteiger partial charge in [-0.25, -0.2) is 4.98 Å². The summed E-state index contributed by atoms with van der Waals surface area (Å²) in [6.45, 7) is 3.74. The Morgan fingerprint density at radius 1 is 1.55 bits per heavy atom. The molecular weight excluding hydrogens is 294 g/mol. The first kappa shape index (κ1) is 13.1. The van der Waals surface area contributed by atoms with Gasteiger partial charge < -0.3 is 15.7 Å². The highest BCUT2D eigenvalue weighted by Gasteiger charge is 2.16. The van der Waals surface area contributed by atoms with E-state index in [1.807, 2.05) is 24.4 Å². The average molecular weight is 307 g/mol. The molecule has 3 N–H and O–H groups in total. The van der Waals surface area contributed by atoms with Gasteiger partial charge in [0, 0.05) is 11.5 Å². The summed E-state index contributed by atoms with van der Waals surface area (Å²) in [4.78, 5) is 4.57. The first-order valence-electron chi connectivity index (χ1n) is 6.01. The van der Waals surface area contributed by atoms with Gasteiger partial charge in [-0.1, -0.05) is 5.16 Å². The zero-order valence-corrected chi connectivity index (χ0v) is 12.6. The molecule has 0 bridgehead atoms. The minimum Gasteiger partial charge on any atom is -0.482 e. The number of ether oxygens (including phenoxy) is 1. The Kier molecular flexibility index (Phi) is 3.23. The topological polar surface area (TPSA) is 80.7 Å². The summed E-state index contributed by atoms with van der Waals surface area (Å²) in [5.41, 5.74) is 6.58. The zero-order valence-electron chi connectivity index (χ0n) is 11.0. The highest BCUT2D eigenvalue weighted by molar-refractivity contribution is 7.21. The molecule has 0 fully saturated rings. The molecule has 0 aliphatic carbocycles. The van der Waals surface area contributed by atoms with Crippen molar-refractivity contribution in [2.75, 3.05) is 0 Å². The van der Waals surface area contributed by atoms with Crippen LogP contribution in [0.3, 0.4) is 0 Å². The van der Waals surface area contributed by atoms with Crippen LogP contribution >= 0.6 is 22.7 Å². The maximum absolute atomic E-state index is 8.71. The van der Waals surface area contributed by atoms with E-state index in [0.717, 1.165) is 31.1 Å². The van der Waals surface area contributed by atoms with Crippen LogP contribution in [0.4, 0.5) is 0 Å². The van der Waals surface area contributed by atoms with Gasteiger partial charge in [-0.15, -0.1) is 22.7 Å². The van der Waals surface area contributed by atoms with Crippen molar-refractivity contribution in [3.8, 4) is 5.75 Å². The van der Waals surface area contributed by atoms with Gasteiger partial charge in [-0.2, -0.15) is 0 Å². The number of fused-ring (bicyclic) bond motifs is 3. The number of hydrogen-bond donors (Lipinski definition) is 2. The van der Waals surface area contributed by atoms with Crippen molar-refractivity contribution < 1.29 is 9.94 Å². The molecule has 3 rings (SSSR count). The second-order valence-corrected chi connectivity index (χ2v) is 6.55. The van der Waals surface area contributed by atoms with Gasteiger partial charge in [0.25, 0.3) is 0 Å². The van der Waals surface area contributed by atoms with E-state index in [0.29, 0.717) is 0 Å². The summed E-state index contributed by atoms with van der Waals surface area (Å²) < 4.78 is 8.01. The number of rotatable bonds is 3. The Hall–Kier alpha value is -1.86. The molecular formula is C13H13N3O2S2. The molecule has 104 valence electrons. The lowest BCUT2D eigenvalue weighted by Gasteiger charge is -2.14. The molecule has 0 aliphatic heterocycles. The molecule has 0 spiro atoms. The number of hydrogen-bond acceptors (Lipinski definition) is 6. The molecule has 1 atom stereocenters. The molecule has 3 aromatic rings. The Balaban J connectivity index is 2.15. The zero-order chi connectivity index (χ0) is 14.3. The fraction of sp³-hybridized carbons (Fsp3) is 0.231. The highest BCUT2D eigenvalue weighted by atomic mass is 32.1. The molecule has 1 unspecified atom stereocenters. The van der Waals surface area contributed by atoms with Crippen LogP contribution in [0.25, 0.3) is 20.3 Å². The standard InChI is InChI=1S/C13H13N3O2S2/c1-6(13(14)16-17)18-9-5-10-11(15-7(2)20-10)12-8(9)3-4-19-12/h3-6,17H,1-2H3,(H2,14,16). The van der Waals surface area contributed by atoms with Crippen LogP contribution in [0.15, 0.2) is 22.7 Å². The first-order valence-corrected chi connectivity index (χ1v) is 7.71. The predicted octanol–water partition coefficient (Wildman–Crippen LogP) is 3.33. The number of aryl methyl sites for hydroxylation is 1. The van der Waals surface area contributed by atoms with E-state index in [1.165, 1.54) is 0 Å². The molecule has 0 radical (unpaired) electrons. The van der Waals surface area contributed by atoms with Crippen molar-refractivity contribution >= 4 is 48.8 Å². The number of nitrogens with two attached hydrogens (primary N) is 1. The van der Waals surface area contributed by atoms with Crippen molar-refractivity contribution in [2.45, 2.75) is 20.0 Å². The van der Waals surface area contributed by atoms with Crippen LogP contribution in [0.2, 0.25) is 0 Å². The average Bonchev–Trinajstić information content (AvgIpc) is 3.03. The normalized spacial score (nSPS) is 14.0. The second kappa shape index (κ2) is 4.92. The Morgan fingerprint density at radius 3 is 3.10 bits per heavy atom. The number of amidine groups is 1. The van der Waals surface area contributed by atoms with Crippen LogP contribution < -0.4 is 10.5 Å². The van der Waals surface area contributed by atoms with E-state index >= 15 is 0 Å². The molecule has 7 heteroatoms. The van der Waals surface area contributed by atoms with Gasteiger partial charge in [0.05, 0.1) is 19.9 Å². The predicted molar refractivity (Wildman–Crippen MR) is 83.2 cm³/mol. The van der Waals surface area contributed by atoms with Crippen molar-refractivity contribution in [3.05, 3.63) is 22.5 Å². The maximum atomic E-state index is 8.71. The number of nitrogens with zero attached hydrogens (tertiary/aromatic N) is 2. The van der Waals surface area contributed by atoms with E-state index in [4.69, 9.17) is 15.7 Å². The van der Waals surface area contributed by atoms with Gasteiger partial charge in [-0.05, 0) is 25.3 Å². The molecule has 20 heavy (non-hydrogen) atoms. The van der Waals surface area contributed by atoms with Crippen LogP contribution in [-0.2, 0) is 0 Å². The molecule has 2 aromatic heterocycles. The summed E-state index contributed by atoms with van der Waals surface area (Å²) in [6, 6.07) is 3.97. The second-order valence-electron chi connectivity index (χ2n) is 4.40. The monoisotopic (exact) mass is 307 g/mol. The smallest absolute Gasteiger partial charge is 0.180 e. The van der Waals surface area contributed by atoms with E-state index < -0.39 is 6.10 Å². The number of thiophene rings is 1. The Morgan fingerprint density at radius 2 is 2.35 bits per heavy atom. The van der Waals surface area contributed by atoms with Crippen molar-refractivity contribution in [1.29, 1.82) is 0 Å². The third-order valence-corrected chi connectivity index (χ3v) is 4.84. The number of thiazole rings is 1. The summed E-state index contributed by atoms with van der Waals surface area (Å²) >= 11 is 3.27. The lowest BCUT2D eigenvalue weighted by atomic mass is 10.2. The van der Waals surface area contributed by atoms with Gasteiger partial charge in [0.15, 0.2) is 11.9 Å². The number of benzene rings is 1. The molecule has 2 heterocycles. The SMILES string of the molecule is Cc1nc2c(cc(OC(C)C(N)=NO)c3ccsc32)s1. The van der Waals surface area contributed by atoms with E-state index in [-0.39, 0.29) is 5.84 Å². The Labute approximate surface area is 123 Å². The van der Waals surface area contributed by atoms with Crippen LogP contribution in [0.1, 0.15) is 11.9 Å². The maximum Gasteiger partial charge on any atom is 0.180 e. The third kappa shape index (κ3) is 2.08. The summed E-state index contributed by atoms with van der Waals surface area (Å²) in [5.74, 6) is 0.783. The van der Waals surface area contributed by atoms with Gasteiger partial charge in [0.1, 0.15) is 5.75 Å². The number of aromatic nitrogens is 1. The van der Waals surface area contributed by atoms with Crippen molar-refractivity contribution in [3.63, 3.8) is 0 Å². The first-order chi connectivity index (χ1) is 9.60. The molecule has 1 aromatic carbocycles. The molecule has 0 saturated heterocycles. The quantitative estimate of drug-likeness (QED) is 0.336. The lowest BCUT2D eigenvalue weighted by Crippen LogP contribution is -2.31. The summed E-state index contributed by atoms with van der Waals surface area (Å²) in [5, 5.41) is 15.7. The van der Waals surface area contributed by atoms with Gasteiger partial charge in [-0.3, -0.25) is 0 Å². The van der Waals surface area contributed by atoms with Crippen LogP contribution in [0.5, 0.6) is 5.75 Å².